The third kappa shape index (κ3) is 16.4. The minimum Gasteiger partial charge on any atom is -0.227 e. The van der Waals surface area contributed by atoms with Gasteiger partial charge in [-0.15, -0.1) is 0 Å². The maximum atomic E-state index is 2.50. The van der Waals surface area contributed by atoms with Crippen LogP contribution in [0.1, 0.15) is 101 Å². The first-order chi connectivity index (χ1) is 59.9. The molecule has 0 radical (unpaired) electrons. The second-order valence-corrected chi connectivity index (χ2v) is 33.7. The Kier molecular flexibility index (Phi) is 25.1. The van der Waals surface area contributed by atoms with Crippen LogP contribution in [-0.2, 0) is 84.6 Å². The van der Waals surface area contributed by atoms with Crippen LogP contribution >= 0.6 is 0 Å². The van der Waals surface area contributed by atoms with Crippen LogP contribution in [0.4, 0.5) is 0 Å². The Morgan fingerprint density at radius 1 is 0.194 bits per heavy atom. The van der Waals surface area contributed by atoms with Crippen molar-refractivity contribution in [3.05, 3.63) is 363 Å². The molecular formula is C108H120N16+12. The highest BCUT2D eigenvalue weighted by atomic mass is 15.2. The number of rotatable bonds is 16. The van der Waals surface area contributed by atoms with Crippen molar-refractivity contribution in [2.24, 2.45) is 84.6 Å². The van der Waals surface area contributed by atoms with Crippen molar-refractivity contribution in [1.29, 1.82) is 0 Å². The number of hydrogen-bond acceptors (Lipinski definition) is 0. The van der Waals surface area contributed by atoms with Gasteiger partial charge in [-0.1, -0.05) is 152 Å². The fourth-order valence-corrected chi connectivity index (χ4v) is 17.8. The van der Waals surface area contributed by atoms with Gasteiger partial charge in [-0.25, -0.2) is 18.3 Å². The van der Waals surface area contributed by atoms with Crippen LogP contribution < -0.4 is 54.8 Å². The summed E-state index contributed by atoms with van der Waals surface area (Å²) >= 11 is 0. The predicted octanol–water partition coefficient (Wildman–Crippen LogP) is 15.9. The summed E-state index contributed by atoms with van der Waals surface area (Å²) in [6, 6.07) is 103. The van der Waals surface area contributed by atoms with Crippen molar-refractivity contribution in [2.75, 3.05) is 0 Å². The first kappa shape index (κ1) is 84.9. The monoisotopic (exact) mass is 1640 g/mol. The number of fused-ring (bicyclic) bond motifs is 2. The zero-order chi connectivity index (χ0) is 87.3. The molecule has 0 amide bonds. The lowest BCUT2D eigenvalue weighted by Gasteiger charge is -2.18. The fraction of sp³-hybridized carbons (Fsp3) is 0.222. The molecule has 18 aromatic rings. The molecule has 0 fully saturated rings. The van der Waals surface area contributed by atoms with Crippen LogP contribution in [0.2, 0.25) is 0 Å². The number of nitrogens with zero attached hydrogens (tertiary/aromatic N) is 16. The summed E-state index contributed by atoms with van der Waals surface area (Å²) in [4.78, 5) is 0. The molecule has 0 spiro atoms. The molecule has 124 heavy (non-hydrogen) atoms. The number of hydrogen-bond donors (Lipinski definition) is 0. The Balaban J connectivity index is 0.000000129. The number of imidazole rings is 4. The molecule has 16 nitrogen and oxygen atoms in total. The van der Waals surface area contributed by atoms with Gasteiger partial charge >= 0.3 is 23.3 Å². The van der Waals surface area contributed by atoms with Crippen LogP contribution in [0.25, 0.3) is 136 Å². The number of pyridine rings is 8. The van der Waals surface area contributed by atoms with Crippen molar-refractivity contribution in [2.45, 2.75) is 79.1 Å². The SMILES string of the molecule is CC(C)c1cccc(C(C)C)c1-n1c(-c2cccc(-c3cccc[n+]3C)[n+]2C)[n+](C)c2ccccc21.CC(C)c1cccc(C(C)C)c1-n1cc[n+](C)c1-c1cccc(-c2cccc[n+]2C)[n+]1C.C[n+]1ccccc1-c1cccc(-c2n(-c3ccccc3)c3ccccc3[n+]2C)[n+]1C.C[n+]1ccccc1-c1cccc(-c2n(-c3ccccc3)cc[n+]2C)[n+]1C. The average molecular weight is 1640 g/mol. The number of aromatic nitrogens is 16. The van der Waals surface area contributed by atoms with Crippen molar-refractivity contribution < 1.29 is 54.8 Å². The average Bonchev–Trinajstić information content (AvgIpc) is 1.61. The van der Waals surface area contributed by atoms with E-state index in [0.29, 0.717) is 23.7 Å². The van der Waals surface area contributed by atoms with Crippen LogP contribution in [0.3, 0.4) is 0 Å². The van der Waals surface area contributed by atoms with Crippen LogP contribution in [0.5, 0.6) is 0 Å². The van der Waals surface area contributed by atoms with Gasteiger partial charge in [0.1, 0.15) is 104 Å². The summed E-state index contributed by atoms with van der Waals surface area (Å²) in [5.74, 6) is 6.31. The van der Waals surface area contributed by atoms with Gasteiger partial charge in [0.25, 0.3) is 68.3 Å². The normalized spacial score (nSPS) is 11.4. The van der Waals surface area contributed by atoms with E-state index in [-0.39, 0.29) is 0 Å². The molecule has 6 aromatic carbocycles. The second kappa shape index (κ2) is 36.7. The summed E-state index contributed by atoms with van der Waals surface area (Å²) < 4.78 is 36.3. The molecule has 620 valence electrons. The molecule has 0 aliphatic heterocycles. The van der Waals surface area contributed by atoms with Crippen LogP contribution in [0, 0.1) is 0 Å². The predicted molar refractivity (Wildman–Crippen MR) is 492 cm³/mol. The smallest absolute Gasteiger partial charge is 0.227 e. The van der Waals surface area contributed by atoms with E-state index >= 15 is 0 Å². The minimum atomic E-state index is 0.404. The fourth-order valence-electron chi connectivity index (χ4n) is 17.8. The minimum absolute atomic E-state index is 0.404. The summed E-state index contributed by atoms with van der Waals surface area (Å²) in [6.45, 7) is 18.3. The van der Waals surface area contributed by atoms with Gasteiger partial charge in [0, 0.05) is 119 Å². The highest BCUT2D eigenvalue weighted by Crippen LogP contribution is 2.38. The van der Waals surface area contributed by atoms with Gasteiger partial charge in [0.2, 0.25) is 0 Å². The molecule has 12 heterocycles. The van der Waals surface area contributed by atoms with E-state index in [1.54, 1.807) is 0 Å². The number of para-hydroxylation sites is 8. The highest BCUT2D eigenvalue weighted by molar-refractivity contribution is 5.80. The number of aryl methyl sites for hydroxylation is 8. The molecule has 18 rings (SSSR count). The molecule has 0 aliphatic rings. The Hall–Kier alpha value is -14.1. The maximum absolute atomic E-state index is 2.50. The Morgan fingerprint density at radius 2 is 0.460 bits per heavy atom. The Morgan fingerprint density at radius 3 is 0.815 bits per heavy atom. The standard InChI is InChI=1S/C32H37N4.C28H35N4.C26H25N4.C22H23N4/c1-22(2)24-14-12-15-25(23(3)4)31(24)36-29-18-9-8-17-28(29)35(7)32(36)30-20-13-19-27(34(30)6)26-16-10-11-21-33(26)5;1-20(2)22-12-10-13-23(21(3)4)27(22)32-19-18-30(6)28(32)26-16-11-15-25(31(26)7)24-14-8-9-17-29(24)5;1-27-19-10-9-14-21(27)22-17-11-18-25(28(22)2)26-29(3)23-15-7-8-16-24(23)30(26)20-12-5-4-6-13-20;1-23-15-8-7-12-19(23)20-13-9-14-21(25(20)3)22-24(2)16-17-26(22)18-10-5-4-6-11-18/h8-23H,1-7H3;8-21H,1-7H3;4-19H,1-3H3;4-17H,1-3H3/q4*+3. The lowest BCUT2D eigenvalue weighted by Crippen LogP contribution is -2.43. The second-order valence-electron chi connectivity index (χ2n) is 33.7. The summed E-state index contributed by atoms with van der Waals surface area (Å²) in [6.07, 6.45) is 16.9. The van der Waals surface area contributed by atoms with Crippen molar-refractivity contribution in [3.8, 4) is 114 Å². The zero-order valence-corrected chi connectivity index (χ0v) is 75.8. The first-order valence-electron chi connectivity index (χ1n) is 43.2. The molecule has 16 heteroatoms. The zero-order valence-electron chi connectivity index (χ0n) is 75.8. The third-order valence-corrected chi connectivity index (χ3v) is 24.3. The highest BCUT2D eigenvalue weighted by Gasteiger charge is 2.40. The molecule has 0 unspecified atom stereocenters. The van der Waals surface area contributed by atoms with Crippen molar-refractivity contribution in [3.63, 3.8) is 0 Å². The summed E-state index contributed by atoms with van der Waals surface area (Å²) in [5, 5.41) is 0. The van der Waals surface area contributed by atoms with Gasteiger partial charge in [0.05, 0.1) is 28.2 Å². The van der Waals surface area contributed by atoms with E-state index in [4.69, 9.17) is 0 Å². The topological polar surface area (TPSA) is 66.3 Å². The van der Waals surface area contributed by atoms with E-state index in [1.165, 1.54) is 124 Å². The molecule has 0 aliphatic carbocycles. The molecule has 0 saturated heterocycles. The largest absolute Gasteiger partial charge is 0.360 e. The van der Waals surface area contributed by atoms with Gasteiger partial charge in [-0.3, -0.25) is 0 Å². The summed E-state index contributed by atoms with van der Waals surface area (Å²) in [5.41, 5.74) is 29.3. The van der Waals surface area contributed by atoms with Crippen molar-refractivity contribution >= 4 is 22.1 Å². The first-order valence-corrected chi connectivity index (χ1v) is 43.2. The molecule has 12 aromatic heterocycles. The van der Waals surface area contributed by atoms with E-state index in [2.05, 4.69) is 542 Å². The van der Waals surface area contributed by atoms with Gasteiger partial charge in [0.15, 0.2) is 46.9 Å². The van der Waals surface area contributed by atoms with Crippen molar-refractivity contribution in [1.82, 2.24) is 18.3 Å². The molecule has 0 N–H and O–H groups in total. The Labute approximate surface area is 731 Å². The molecule has 0 atom stereocenters. The van der Waals surface area contributed by atoms with Gasteiger partial charge < -0.3 is 0 Å². The molecular weight excluding hydrogens is 1520 g/mol. The van der Waals surface area contributed by atoms with E-state index in [9.17, 15) is 0 Å². The molecule has 0 bridgehead atoms. The Bertz CT molecular complexity index is 6860. The summed E-state index contributed by atoms with van der Waals surface area (Å²) in [7, 11) is 25.5. The third-order valence-electron chi connectivity index (χ3n) is 24.3. The van der Waals surface area contributed by atoms with Crippen LogP contribution in [-0.4, -0.2) is 18.3 Å². The van der Waals surface area contributed by atoms with E-state index in [1.807, 2.05) is 12.1 Å². The maximum Gasteiger partial charge on any atom is 0.360 e. The van der Waals surface area contributed by atoms with Gasteiger partial charge in [-0.05, 0) is 121 Å². The number of benzene rings is 6. The lowest BCUT2D eigenvalue weighted by atomic mass is 9.92. The van der Waals surface area contributed by atoms with Crippen LogP contribution in [0.15, 0.2) is 341 Å². The van der Waals surface area contributed by atoms with E-state index in [0.717, 1.165) is 34.4 Å². The molecule has 0 saturated carbocycles. The van der Waals surface area contributed by atoms with Gasteiger partial charge in [-0.2, -0.15) is 54.8 Å². The quantitative estimate of drug-likeness (QED) is 0.0866. The van der Waals surface area contributed by atoms with E-state index < -0.39 is 0 Å². The lowest BCUT2D eigenvalue weighted by molar-refractivity contribution is -0.697.